The molecule has 1 saturated heterocycles. The van der Waals surface area contributed by atoms with Gasteiger partial charge in [-0.3, -0.25) is 0 Å². The highest BCUT2D eigenvalue weighted by Gasteiger charge is 2.23. The number of thiazole rings is 1. The van der Waals surface area contributed by atoms with Crippen molar-refractivity contribution in [3.8, 4) is 0 Å². The summed E-state index contributed by atoms with van der Waals surface area (Å²) in [6.07, 6.45) is 2.04. The molecule has 106 valence electrons. The molecule has 1 aromatic rings. The van der Waals surface area contributed by atoms with Crippen LogP contribution >= 0.6 is 11.3 Å². The zero-order chi connectivity index (χ0) is 13.8. The van der Waals surface area contributed by atoms with Crippen LogP contribution in [0, 0.1) is 6.92 Å². The summed E-state index contributed by atoms with van der Waals surface area (Å²) in [6.45, 7) is 4.54. The third kappa shape index (κ3) is 3.91. The predicted octanol–water partition coefficient (Wildman–Crippen LogP) is 1.69. The largest absolute Gasteiger partial charge is 0.331 e. The molecule has 1 aliphatic rings. The maximum absolute atomic E-state index is 11.8. The molecule has 0 aliphatic carbocycles. The average molecular weight is 282 g/mol. The van der Waals surface area contributed by atoms with Gasteiger partial charge in [0.05, 0.1) is 0 Å². The summed E-state index contributed by atoms with van der Waals surface area (Å²) in [5.74, 6) is 0. The molecule has 0 radical (unpaired) electrons. The fourth-order valence-corrected chi connectivity index (χ4v) is 3.00. The van der Waals surface area contributed by atoms with Crippen LogP contribution < -0.4 is 5.32 Å². The SMILES string of the molecule is Cc1csc(CNC2CCN(C(=O)N(C)C)CC2)n1. The van der Waals surface area contributed by atoms with Crippen LogP contribution in [0.5, 0.6) is 0 Å². The Labute approximate surface area is 118 Å². The summed E-state index contributed by atoms with van der Waals surface area (Å²) < 4.78 is 0. The number of nitrogens with zero attached hydrogens (tertiary/aromatic N) is 3. The van der Waals surface area contributed by atoms with E-state index in [1.54, 1.807) is 30.3 Å². The van der Waals surface area contributed by atoms with E-state index in [0.717, 1.165) is 43.2 Å². The van der Waals surface area contributed by atoms with E-state index in [0.29, 0.717) is 6.04 Å². The minimum Gasteiger partial charge on any atom is -0.331 e. The van der Waals surface area contributed by atoms with Crippen LogP contribution in [0.15, 0.2) is 5.38 Å². The lowest BCUT2D eigenvalue weighted by molar-refractivity contribution is 0.152. The Balaban J connectivity index is 1.73. The number of likely N-dealkylation sites (tertiary alicyclic amines) is 1. The Morgan fingerprint density at radius 3 is 2.74 bits per heavy atom. The first kappa shape index (κ1) is 14.3. The molecule has 1 aromatic heterocycles. The normalized spacial score (nSPS) is 16.7. The first-order valence-electron chi connectivity index (χ1n) is 6.67. The van der Waals surface area contributed by atoms with E-state index < -0.39 is 0 Å². The van der Waals surface area contributed by atoms with E-state index in [9.17, 15) is 4.79 Å². The zero-order valence-electron chi connectivity index (χ0n) is 11.8. The van der Waals surface area contributed by atoms with Gasteiger partial charge < -0.3 is 15.1 Å². The maximum Gasteiger partial charge on any atom is 0.319 e. The summed E-state index contributed by atoms with van der Waals surface area (Å²) in [5.41, 5.74) is 1.09. The molecule has 5 nitrogen and oxygen atoms in total. The van der Waals surface area contributed by atoms with Crippen molar-refractivity contribution in [2.24, 2.45) is 0 Å². The number of carbonyl (C=O) groups excluding carboxylic acids is 1. The number of urea groups is 1. The van der Waals surface area contributed by atoms with Crippen LogP contribution in [-0.2, 0) is 6.54 Å². The quantitative estimate of drug-likeness (QED) is 0.918. The van der Waals surface area contributed by atoms with Gasteiger partial charge in [-0.15, -0.1) is 11.3 Å². The fourth-order valence-electron chi connectivity index (χ4n) is 2.27. The number of hydrogen-bond acceptors (Lipinski definition) is 4. The van der Waals surface area contributed by atoms with Gasteiger partial charge in [-0.05, 0) is 19.8 Å². The van der Waals surface area contributed by atoms with Crippen molar-refractivity contribution in [1.82, 2.24) is 20.1 Å². The Kier molecular flexibility index (Phi) is 4.76. The third-order valence-corrected chi connectivity index (χ3v) is 4.32. The van der Waals surface area contributed by atoms with E-state index in [4.69, 9.17) is 0 Å². The van der Waals surface area contributed by atoms with Gasteiger partial charge in [0.25, 0.3) is 0 Å². The van der Waals surface area contributed by atoms with Crippen molar-refractivity contribution < 1.29 is 4.79 Å². The van der Waals surface area contributed by atoms with Gasteiger partial charge in [0.2, 0.25) is 0 Å². The summed E-state index contributed by atoms with van der Waals surface area (Å²) >= 11 is 1.70. The highest BCUT2D eigenvalue weighted by atomic mass is 32.1. The minimum atomic E-state index is 0.119. The summed E-state index contributed by atoms with van der Waals surface area (Å²) in [6, 6.07) is 0.615. The standard InChI is InChI=1S/C13H22N4OS/c1-10-9-19-12(15-10)8-14-11-4-6-17(7-5-11)13(18)16(2)3/h9,11,14H,4-8H2,1-3H3. The molecular formula is C13H22N4OS. The van der Waals surface area contributed by atoms with Crippen LogP contribution in [0.1, 0.15) is 23.5 Å². The molecule has 2 amide bonds. The lowest BCUT2D eigenvalue weighted by atomic mass is 10.1. The molecule has 0 bridgehead atoms. The van der Waals surface area contributed by atoms with Gasteiger partial charge in [0, 0.05) is 50.8 Å². The number of carbonyl (C=O) groups is 1. The summed E-state index contributed by atoms with van der Waals surface area (Å²) in [4.78, 5) is 19.8. The number of nitrogens with one attached hydrogen (secondary N) is 1. The molecule has 0 aromatic carbocycles. The minimum absolute atomic E-state index is 0.119. The van der Waals surface area contributed by atoms with E-state index >= 15 is 0 Å². The number of aromatic nitrogens is 1. The molecule has 0 atom stereocenters. The van der Waals surface area contributed by atoms with Gasteiger partial charge in [-0.1, -0.05) is 0 Å². The van der Waals surface area contributed by atoms with Gasteiger partial charge in [0.15, 0.2) is 0 Å². The van der Waals surface area contributed by atoms with Crippen molar-refractivity contribution in [3.05, 3.63) is 16.1 Å². The second-order valence-corrected chi connectivity index (χ2v) is 6.14. The summed E-state index contributed by atoms with van der Waals surface area (Å²) in [5, 5.41) is 6.76. The van der Waals surface area contributed by atoms with Crippen LogP contribution in [0.4, 0.5) is 4.79 Å². The zero-order valence-corrected chi connectivity index (χ0v) is 12.7. The van der Waals surface area contributed by atoms with Crippen LogP contribution in [0.2, 0.25) is 0 Å². The van der Waals surface area contributed by atoms with Crippen molar-refractivity contribution in [2.75, 3.05) is 27.2 Å². The molecule has 2 rings (SSSR count). The topological polar surface area (TPSA) is 48.5 Å². The Bertz CT molecular complexity index is 424. The lowest BCUT2D eigenvalue weighted by Gasteiger charge is -2.33. The van der Waals surface area contributed by atoms with E-state index in [2.05, 4.69) is 15.7 Å². The lowest BCUT2D eigenvalue weighted by Crippen LogP contribution is -2.47. The number of piperidine rings is 1. The Morgan fingerprint density at radius 2 is 2.21 bits per heavy atom. The molecule has 0 unspecified atom stereocenters. The van der Waals surface area contributed by atoms with E-state index in [1.807, 2.05) is 11.8 Å². The maximum atomic E-state index is 11.8. The highest BCUT2D eigenvalue weighted by molar-refractivity contribution is 7.09. The number of aryl methyl sites for hydroxylation is 1. The van der Waals surface area contributed by atoms with Crippen molar-refractivity contribution >= 4 is 17.4 Å². The fraction of sp³-hybridized carbons (Fsp3) is 0.692. The van der Waals surface area contributed by atoms with E-state index in [-0.39, 0.29) is 6.03 Å². The molecule has 1 N–H and O–H groups in total. The van der Waals surface area contributed by atoms with Crippen LogP contribution in [0.3, 0.4) is 0 Å². The van der Waals surface area contributed by atoms with Gasteiger partial charge in [-0.2, -0.15) is 0 Å². The van der Waals surface area contributed by atoms with Crippen LogP contribution in [0.25, 0.3) is 0 Å². The number of rotatable bonds is 3. The predicted molar refractivity (Wildman–Crippen MR) is 77.4 cm³/mol. The smallest absolute Gasteiger partial charge is 0.319 e. The molecule has 0 spiro atoms. The average Bonchev–Trinajstić information content (AvgIpc) is 2.82. The second-order valence-electron chi connectivity index (χ2n) is 5.20. The molecule has 0 saturated carbocycles. The molecular weight excluding hydrogens is 260 g/mol. The van der Waals surface area contributed by atoms with Crippen molar-refractivity contribution in [1.29, 1.82) is 0 Å². The summed E-state index contributed by atoms with van der Waals surface area (Å²) in [7, 11) is 3.61. The van der Waals surface area contributed by atoms with Gasteiger partial charge in [0.1, 0.15) is 5.01 Å². The third-order valence-electron chi connectivity index (χ3n) is 3.36. The molecule has 2 heterocycles. The first-order valence-corrected chi connectivity index (χ1v) is 7.55. The number of amides is 2. The number of hydrogen-bond donors (Lipinski definition) is 1. The first-order chi connectivity index (χ1) is 9.06. The van der Waals surface area contributed by atoms with Crippen LogP contribution in [-0.4, -0.2) is 54.0 Å². The second kappa shape index (κ2) is 6.34. The molecule has 19 heavy (non-hydrogen) atoms. The molecule has 1 fully saturated rings. The van der Waals surface area contributed by atoms with E-state index in [1.165, 1.54) is 0 Å². The van der Waals surface area contributed by atoms with Gasteiger partial charge in [-0.25, -0.2) is 9.78 Å². The Morgan fingerprint density at radius 1 is 1.53 bits per heavy atom. The molecule has 6 heteroatoms. The van der Waals surface area contributed by atoms with Crippen molar-refractivity contribution in [3.63, 3.8) is 0 Å². The van der Waals surface area contributed by atoms with Gasteiger partial charge >= 0.3 is 6.03 Å². The highest BCUT2D eigenvalue weighted by Crippen LogP contribution is 2.14. The Hall–Kier alpha value is -1.14. The molecule has 1 aliphatic heterocycles. The van der Waals surface area contributed by atoms with Crippen molar-refractivity contribution in [2.45, 2.75) is 32.4 Å². The monoisotopic (exact) mass is 282 g/mol.